The van der Waals surface area contributed by atoms with E-state index in [9.17, 15) is 4.79 Å². The molecule has 0 aliphatic rings. The fourth-order valence-corrected chi connectivity index (χ4v) is 0.504. The van der Waals surface area contributed by atoms with E-state index in [0.29, 0.717) is 13.2 Å². The van der Waals surface area contributed by atoms with Crippen molar-refractivity contribution in [2.75, 3.05) is 13.2 Å². The summed E-state index contributed by atoms with van der Waals surface area (Å²) in [5, 5.41) is 0. The van der Waals surface area contributed by atoms with Crippen LogP contribution in [-0.4, -0.2) is 19.5 Å². The molecule has 0 heterocycles. The van der Waals surface area contributed by atoms with Crippen LogP contribution < -0.4 is 0 Å². The van der Waals surface area contributed by atoms with Gasteiger partial charge in [-0.3, -0.25) is 0 Å². The number of hydrogen-bond acceptors (Lipinski definition) is 2. The smallest absolute Gasteiger partial charge is 0.122 e. The Kier molecular flexibility index (Phi) is 6.08. The molecule has 0 saturated heterocycles. The first-order chi connectivity index (χ1) is 4.81. The molecule has 0 saturated carbocycles. The molecule has 1 atom stereocenters. The molecule has 0 N–H and O–H groups in total. The highest BCUT2D eigenvalue weighted by Gasteiger charge is 1.96. The number of carbonyl (C=O) groups is 1. The summed E-state index contributed by atoms with van der Waals surface area (Å²) in [5.41, 5.74) is 0. The molecule has 58 valence electrons. The Morgan fingerprint density at radius 1 is 1.70 bits per heavy atom. The van der Waals surface area contributed by atoms with Crippen molar-refractivity contribution in [1.29, 1.82) is 0 Å². The zero-order valence-corrected chi connectivity index (χ0v) is 6.38. The molecule has 0 aromatic rings. The molecule has 0 aliphatic carbocycles. The molecule has 1 unspecified atom stereocenters. The zero-order chi connectivity index (χ0) is 7.82. The Bertz CT molecular complexity index is 99.4. The van der Waals surface area contributed by atoms with E-state index in [1.165, 1.54) is 0 Å². The van der Waals surface area contributed by atoms with E-state index in [1.54, 1.807) is 6.08 Å². The molecule has 10 heavy (non-hydrogen) atoms. The van der Waals surface area contributed by atoms with Gasteiger partial charge in [0.15, 0.2) is 0 Å². The lowest BCUT2D eigenvalue weighted by Crippen LogP contribution is -2.02. The molecule has 2 heteroatoms. The van der Waals surface area contributed by atoms with Crippen molar-refractivity contribution in [3.63, 3.8) is 0 Å². The zero-order valence-electron chi connectivity index (χ0n) is 6.38. The van der Waals surface area contributed by atoms with Crippen molar-refractivity contribution in [1.82, 2.24) is 0 Å². The number of aldehydes is 1. The molecule has 0 amide bonds. The predicted octanol–water partition coefficient (Wildman–Crippen LogP) is 1.41. The molecule has 0 radical (unpaired) electrons. The van der Waals surface area contributed by atoms with Crippen LogP contribution in [-0.2, 0) is 9.53 Å². The quantitative estimate of drug-likeness (QED) is 0.318. The van der Waals surface area contributed by atoms with Crippen LogP contribution in [0.4, 0.5) is 0 Å². The summed E-state index contributed by atoms with van der Waals surface area (Å²) in [7, 11) is 0. The molecule has 0 fully saturated rings. The van der Waals surface area contributed by atoms with E-state index < -0.39 is 0 Å². The molecule has 0 aromatic heterocycles. The second-order valence-electron chi connectivity index (χ2n) is 2.27. The second kappa shape index (κ2) is 6.49. The van der Waals surface area contributed by atoms with Crippen LogP contribution >= 0.6 is 0 Å². The molecular formula is C8H14O2. The summed E-state index contributed by atoms with van der Waals surface area (Å²) in [5.74, 6) is 0.116. The van der Waals surface area contributed by atoms with Crippen molar-refractivity contribution < 1.29 is 9.53 Å². The minimum Gasteiger partial charge on any atom is -0.377 e. The van der Waals surface area contributed by atoms with Crippen molar-refractivity contribution in [2.24, 2.45) is 5.92 Å². The summed E-state index contributed by atoms with van der Waals surface area (Å²) in [4.78, 5) is 10.1. The fourth-order valence-electron chi connectivity index (χ4n) is 0.504. The van der Waals surface area contributed by atoms with Gasteiger partial charge in [-0.15, -0.1) is 6.58 Å². The van der Waals surface area contributed by atoms with Crippen LogP contribution in [0.5, 0.6) is 0 Å². The topological polar surface area (TPSA) is 26.3 Å². The maximum atomic E-state index is 10.1. The van der Waals surface area contributed by atoms with Gasteiger partial charge in [-0.05, 0) is 6.42 Å². The minimum atomic E-state index is 0.116. The van der Waals surface area contributed by atoms with Crippen LogP contribution in [0.1, 0.15) is 13.3 Å². The van der Waals surface area contributed by atoms with Gasteiger partial charge in [-0.2, -0.15) is 0 Å². The average molecular weight is 142 g/mol. The number of ether oxygens (including phenoxy) is 1. The third-order valence-electron chi connectivity index (χ3n) is 1.19. The van der Waals surface area contributed by atoms with Crippen LogP contribution in [0.15, 0.2) is 12.7 Å². The second-order valence-corrected chi connectivity index (χ2v) is 2.27. The normalized spacial score (nSPS) is 12.5. The lowest BCUT2D eigenvalue weighted by Gasteiger charge is -2.01. The summed E-state index contributed by atoms with van der Waals surface area (Å²) < 4.78 is 5.08. The fraction of sp³-hybridized carbons (Fsp3) is 0.625. The molecular weight excluding hydrogens is 128 g/mol. The number of hydrogen-bond donors (Lipinski definition) is 0. The summed E-state index contributed by atoms with van der Waals surface area (Å²) in [6, 6.07) is 0. The standard InChI is InChI=1S/C8H14O2/c1-3-5-10-6-4-8(2)7-9/h3,7-8H,1,4-6H2,2H3. The molecule has 0 aromatic carbocycles. The monoisotopic (exact) mass is 142 g/mol. The highest BCUT2D eigenvalue weighted by Crippen LogP contribution is 1.96. The lowest BCUT2D eigenvalue weighted by atomic mass is 10.1. The van der Waals surface area contributed by atoms with Crippen LogP contribution in [0.2, 0.25) is 0 Å². The van der Waals surface area contributed by atoms with E-state index in [-0.39, 0.29) is 5.92 Å². The highest BCUT2D eigenvalue weighted by molar-refractivity contribution is 5.52. The van der Waals surface area contributed by atoms with Crippen molar-refractivity contribution >= 4 is 6.29 Å². The SMILES string of the molecule is C=CCOCCC(C)C=O. The van der Waals surface area contributed by atoms with E-state index in [4.69, 9.17) is 4.74 Å². The Morgan fingerprint density at radius 2 is 2.40 bits per heavy atom. The van der Waals surface area contributed by atoms with Crippen LogP contribution in [0.25, 0.3) is 0 Å². The molecule has 0 rings (SSSR count). The molecule has 0 aliphatic heterocycles. The first-order valence-corrected chi connectivity index (χ1v) is 3.45. The van der Waals surface area contributed by atoms with E-state index in [2.05, 4.69) is 6.58 Å². The molecule has 2 nitrogen and oxygen atoms in total. The minimum absolute atomic E-state index is 0.116. The molecule has 0 bridgehead atoms. The van der Waals surface area contributed by atoms with Gasteiger partial charge >= 0.3 is 0 Å². The Hall–Kier alpha value is -0.630. The van der Waals surface area contributed by atoms with Crippen LogP contribution in [0, 0.1) is 5.92 Å². The Balaban J connectivity index is 3.02. The largest absolute Gasteiger partial charge is 0.377 e. The van der Waals surface area contributed by atoms with Crippen LogP contribution in [0.3, 0.4) is 0 Å². The van der Waals surface area contributed by atoms with Gasteiger partial charge in [0.2, 0.25) is 0 Å². The third-order valence-corrected chi connectivity index (χ3v) is 1.19. The van der Waals surface area contributed by atoms with Gasteiger partial charge in [0.25, 0.3) is 0 Å². The number of carbonyl (C=O) groups excluding carboxylic acids is 1. The van der Waals surface area contributed by atoms with Gasteiger partial charge < -0.3 is 9.53 Å². The van der Waals surface area contributed by atoms with Crippen molar-refractivity contribution in [3.05, 3.63) is 12.7 Å². The van der Waals surface area contributed by atoms with Gasteiger partial charge in [-0.25, -0.2) is 0 Å². The van der Waals surface area contributed by atoms with Gasteiger partial charge in [0.05, 0.1) is 6.61 Å². The summed E-state index contributed by atoms with van der Waals surface area (Å²) in [6.45, 7) is 6.60. The lowest BCUT2D eigenvalue weighted by molar-refractivity contribution is -0.111. The van der Waals surface area contributed by atoms with Crippen molar-refractivity contribution in [2.45, 2.75) is 13.3 Å². The number of rotatable bonds is 6. The maximum absolute atomic E-state index is 10.1. The van der Waals surface area contributed by atoms with Gasteiger partial charge in [-0.1, -0.05) is 13.0 Å². The van der Waals surface area contributed by atoms with E-state index in [1.807, 2.05) is 6.92 Å². The first kappa shape index (κ1) is 9.37. The molecule has 0 spiro atoms. The average Bonchev–Trinajstić information content (AvgIpc) is 1.98. The summed E-state index contributed by atoms with van der Waals surface area (Å²) in [6.07, 6.45) is 3.44. The van der Waals surface area contributed by atoms with Gasteiger partial charge in [0, 0.05) is 12.5 Å². The maximum Gasteiger partial charge on any atom is 0.122 e. The third kappa shape index (κ3) is 5.51. The van der Waals surface area contributed by atoms with E-state index >= 15 is 0 Å². The Labute approximate surface area is 61.9 Å². The predicted molar refractivity (Wildman–Crippen MR) is 40.9 cm³/mol. The van der Waals surface area contributed by atoms with Crippen molar-refractivity contribution in [3.8, 4) is 0 Å². The summed E-state index contributed by atoms with van der Waals surface area (Å²) >= 11 is 0. The van der Waals surface area contributed by atoms with E-state index in [0.717, 1.165) is 12.7 Å². The Morgan fingerprint density at radius 3 is 2.90 bits per heavy atom. The van der Waals surface area contributed by atoms with Gasteiger partial charge in [0.1, 0.15) is 6.29 Å². The first-order valence-electron chi connectivity index (χ1n) is 3.45. The highest BCUT2D eigenvalue weighted by atomic mass is 16.5.